The Morgan fingerprint density at radius 3 is 3.17 bits per heavy atom. The molecule has 3 nitrogen and oxygen atoms in total. The Hall–Kier alpha value is -0.970. The number of aromatic nitrogens is 1. The zero-order valence-electron chi connectivity index (χ0n) is 10.7. The first-order valence-electron chi connectivity index (χ1n) is 6.59. The molecule has 0 radical (unpaired) electrons. The molecule has 1 unspecified atom stereocenters. The lowest BCUT2D eigenvalue weighted by Crippen LogP contribution is -2.43. The van der Waals surface area contributed by atoms with Crippen LogP contribution in [0.25, 0.3) is 10.2 Å². The summed E-state index contributed by atoms with van der Waals surface area (Å²) in [5.74, 6) is 0. The average molecular weight is 261 g/mol. The zero-order chi connectivity index (χ0) is 12.4. The van der Waals surface area contributed by atoms with Crippen LogP contribution in [-0.2, 0) is 6.54 Å². The number of hydrogen-bond donors (Lipinski definition) is 1. The van der Waals surface area contributed by atoms with E-state index in [2.05, 4.69) is 41.5 Å². The summed E-state index contributed by atoms with van der Waals surface area (Å²) >= 11 is 1.83. The maximum Gasteiger partial charge on any atom is 0.108 e. The molecule has 1 aromatic heterocycles. The minimum absolute atomic E-state index is 0.646. The lowest BCUT2D eigenvalue weighted by atomic mass is 10.1. The summed E-state index contributed by atoms with van der Waals surface area (Å²) in [5, 5.41) is 4.63. The van der Waals surface area contributed by atoms with Gasteiger partial charge in [0.15, 0.2) is 0 Å². The maximum atomic E-state index is 4.71. The van der Waals surface area contributed by atoms with Gasteiger partial charge in [0.05, 0.1) is 16.8 Å². The lowest BCUT2D eigenvalue weighted by Gasteiger charge is -2.31. The Morgan fingerprint density at radius 1 is 1.44 bits per heavy atom. The third-order valence-corrected chi connectivity index (χ3v) is 4.63. The Balaban J connectivity index is 1.71. The summed E-state index contributed by atoms with van der Waals surface area (Å²) in [6.45, 7) is 3.35. The van der Waals surface area contributed by atoms with E-state index in [1.54, 1.807) is 0 Å². The fourth-order valence-electron chi connectivity index (χ4n) is 2.61. The van der Waals surface area contributed by atoms with Crippen molar-refractivity contribution in [3.8, 4) is 0 Å². The molecule has 1 aliphatic rings. The molecule has 1 aromatic carbocycles. The molecule has 0 spiro atoms. The van der Waals surface area contributed by atoms with Gasteiger partial charge in [-0.15, -0.1) is 11.3 Å². The molecule has 0 saturated carbocycles. The molecule has 1 atom stereocenters. The number of rotatable bonds is 3. The Labute approximate surface area is 112 Å². The van der Waals surface area contributed by atoms with Crippen molar-refractivity contribution >= 4 is 21.6 Å². The summed E-state index contributed by atoms with van der Waals surface area (Å²) in [6.07, 6.45) is 2.59. The van der Waals surface area contributed by atoms with E-state index >= 15 is 0 Å². The number of likely N-dealkylation sites (N-methyl/N-ethyl adjacent to an activating group) is 1. The monoisotopic (exact) mass is 261 g/mol. The number of hydrogen-bond acceptors (Lipinski definition) is 4. The van der Waals surface area contributed by atoms with Crippen LogP contribution in [0.5, 0.6) is 0 Å². The number of thiazole rings is 1. The molecule has 1 N–H and O–H groups in total. The molecular formula is C14H19N3S. The minimum Gasteiger partial charge on any atom is -0.316 e. The van der Waals surface area contributed by atoms with Crippen LogP contribution in [0.1, 0.15) is 17.8 Å². The average Bonchev–Trinajstić information content (AvgIpc) is 2.81. The van der Waals surface area contributed by atoms with E-state index in [1.807, 2.05) is 11.3 Å². The van der Waals surface area contributed by atoms with Crippen molar-refractivity contribution in [2.75, 3.05) is 20.1 Å². The van der Waals surface area contributed by atoms with Gasteiger partial charge in [-0.2, -0.15) is 0 Å². The van der Waals surface area contributed by atoms with Crippen molar-refractivity contribution in [3.05, 3.63) is 29.3 Å². The number of fused-ring (bicyclic) bond motifs is 1. The molecule has 4 heteroatoms. The van der Waals surface area contributed by atoms with Gasteiger partial charge in [0.2, 0.25) is 0 Å². The molecule has 1 fully saturated rings. The Morgan fingerprint density at radius 2 is 2.33 bits per heavy atom. The van der Waals surface area contributed by atoms with Gasteiger partial charge in [0, 0.05) is 12.6 Å². The van der Waals surface area contributed by atoms with Gasteiger partial charge in [-0.25, -0.2) is 4.98 Å². The van der Waals surface area contributed by atoms with Crippen LogP contribution in [0.3, 0.4) is 0 Å². The van der Waals surface area contributed by atoms with E-state index in [4.69, 9.17) is 4.98 Å². The molecule has 3 rings (SSSR count). The molecule has 1 saturated heterocycles. The SMILES string of the molecule is CNC1CCCN(Cc2nc3ccccc3s2)C1. The van der Waals surface area contributed by atoms with E-state index in [0.717, 1.165) is 18.6 Å². The highest BCUT2D eigenvalue weighted by molar-refractivity contribution is 7.18. The van der Waals surface area contributed by atoms with Gasteiger partial charge in [-0.1, -0.05) is 12.1 Å². The van der Waals surface area contributed by atoms with Crippen molar-refractivity contribution in [2.24, 2.45) is 0 Å². The Bertz CT molecular complexity index is 489. The summed E-state index contributed by atoms with van der Waals surface area (Å²) in [5.41, 5.74) is 1.14. The first-order chi connectivity index (χ1) is 8.85. The van der Waals surface area contributed by atoms with Crippen LogP contribution in [0, 0.1) is 0 Å². The zero-order valence-corrected chi connectivity index (χ0v) is 11.5. The second-order valence-corrected chi connectivity index (χ2v) is 6.05. The third-order valence-electron chi connectivity index (χ3n) is 3.61. The summed E-state index contributed by atoms with van der Waals surface area (Å²) < 4.78 is 1.30. The van der Waals surface area contributed by atoms with E-state index in [1.165, 1.54) is 29.1 Å². The van der Waals surface area contributed by atoms with Crippen molar-refractivity contribution in [1.29, 1.82) is 0 Å². The molecule has 0 bridgehead atoms. The number of nitrogens with zero attached hydrogens (tertiary/aromatic N) is 2. The largest absolute Gasteiger partial charge is 0.316 e. The van der Waals surface area contributed by atoms with E-state index in [0.29, 0.717) is 6.04 Å². The second-order valence-electron chi connectivity index (χ2n) is 4.94. The first kappa shape index (κ1) is 12.1. The van der Waals surface area contributed by atoms with Crippen molar-refractivity contribution in [3.63, 3.8) is 0 Å². The fourth-order valence-corrected chi connectivity index (χ4v) is 3.62. The summed E-state index contributed by atoms with van der Waals surface area (Å²) in [6, 6.07) is 9.05. The predicted octanol–water partition coefficient (Wildman–Crippen LogP) is 2.48. The molecule has 96 valence electrons. The first-order valence-corrected chi connectivity index (χ1v) is 7.41. The predicted molar refractivity (Wildman–Crippen MR) is 77.0 cm³/mol. The quantitative estimate of drug-likeness (QED) is 0.920. The summed E-state index contributed by atoms with van der Waals surface area (Å²) in [4.78, 5) is 7.23. The minimum atomic E-state index is 0.646. The van der Waals surface area contributed by atoms with E-state index < -0.39 is 0 Å². The molecule has 2 heterocycles. The van der Waals surface area contributed by atoms with Crippen molar-refractivity contribution in [1.82, 2.24) is 15.2 Å². The van der Waals surface area contributed by atoms with Gasteiger partial charge < -0.3 is 5.32 Å². The van der Waals surface area contributed by atoms with Gasteiger partial charge >= 0.3 is 0 Å². The molecule has 2 aromatic rings. The molecule has 0 amide bonds. The van der Waals surface area contributed by atoms with Crippen LogP contribution in [0.2, 0.25) is 0 Å². The fraction of sp³-hybridized carbons (Fsp3) is 0.500. The van der Waals surface area contributed by atoms with Crippen LogP contribution in [0.4, 0.5) is 0 Å². The Kier molecular flexibility index (Phi) is 3.59. The van der Waals surface area contributed by atoms with Gasteiger partial charge in [0.25, 0.3) is 0 Å². The van der Waals surface area contributed by atoms with Crippen LogP contribution < -0.4 is 5.32 Å². The smallest absolute Gasteiger partial charge is 0.108 e. The van der Waals surface area contributed by atoms with Crippen LogP contribution >= 0.6 is 11.3 Å². The van der Waals surface area contributed by atoms with Gasteiger partial charge in [0.1, 0.15) is 5.01 Å². The summed E-state index contributed by atoms with van der Waals surface area (Å²) in [7, 11) is 2.06. The normalized spacial score (nSPS) is 21.5. The number of nitrogens with one attached hydrogen (secondary N) is 1. The molecule has 18 heavy (non-hydrogen) atoms. The number of piperidine rings is 1. The van der Waals surface area contributed by atoms with Crippen molar-refractivity contribution < 1.29 is 0 Å². The van der Waals surface area contributed by atoms with E-state index in [9.17, 15) is 0 Å². The molecule has 1 aliphatic heterocycles. The maximum absolute atomic E-state index is 4.71. The number of para-hydroxylation sites is 1. The third kappa shape index (κ3) is 2.55. The standard InChI is InChI=1S/C14H19N3S/c1-15-11-5-4-8-17(9-11)10-14-16-12-6-2-3-7-13(12)18-14/h2-3,6-7,11,15H,4-5,8-10H2,1H3. The van der Waals surface area contributed by atoms with Gasteiger partial charge in [-0.3, -0.25) is 4.90 Å². The van der Waals surface area contributed by atoms with Crippen LogP contribution in [0.15, 0.2) is 24.3 Å². The highest BCUT2D eigenvalue weighted by atomic mass is 32.1. The van der Waals surface area contributed by atoms with Gasteiger partial charge in [-0.05, 0) is 38.6 Å². The van der Waals surface area contributed by atoms with E-state index in [-0.39, 0.29) is 0 Å². The second kappa shape index (κ2) is 5.34. The van der Waals surface area contributed by atoms with Crippen LogP contribution in [-0.4, -0.2) is 36.1 Å². The lowest BCUT2D eigenvalue weighted by molar-refractivity contribution is 0.188. The molecular weight excluding hydrogens is 242 g/mol. The number of benzene rings is 1. The van der Waals surface area contributed by atoms with Crippen molar-refractivity contribution in [2.45, 2.75) is 25.4 Å². The highest BCUT2D eigenvalue weighted by Crippen LogP contribution is 2.23. The highest BCUT2D eigenvalue weighted by Gasteiger charge is 2.19. The molecule has 0 aliphatic carbocycles. The number of likely N-dealkylation sites (tertiary alicyclic amines) is 1. The topological polar surface area (TPSA) is 28.2 Å².